The van der Waals surface area contributed by atoms with E-state index in [1.54, 1.807) is 24.5 Å². The predicted octanol–water partition coefficient (Wildman–Crippen LogP) is 2.88. The second kappa shape index (κ2) is 5.96. The minimum Gasteiger partial charge on any atom is -0.444 e. The Hall–Kier alpha value is -2.89. The number of ether oxygens (including phenoxy) is 1. The summed E-state index contributed by atoms with van der Waals surface area (Å²) in [4.78, 5) is 27.7. The van der Waals surface area contributed by atoms with E-state index in [0.717, 1.165) is 16.7 Å². The highest BCUT2D eigenvalue weighted by atomic mass is 16.6. The average Bonchev–Trinajstić information content (AvgIpc) is 2.97. The number of carbonyl (C=O) groups excluding carboxylic acids is 2. The minimum absolute atomic E-state index is 0.123. The van der Waals surface area contributed by atoms with Crippen molar-refractivity contribution < 1.29 is 14.3 Å². The molecule has 2 aliphatic heterocycles. The van der Waals surface area contributed by atoms with E-state index in [-0.39, 0.29) is 5.91 Å². The maximum absolute atomic E-state index is 11.8. The highest BCUT2D eigenvalue weighted by Gasteiger charge is 2.30. The van der Waals surface area contributed by atoms with Crippen LogP contribution in [0.15, 0.2) is 47.1 Å². The van der Waals surface area contributed by atoms with Crippen molar-refractivity contribution in [2.24, 2.45) is 4.99 Å². The quantitative estimate of drug-likeness (QED) is 0.877. The summed E-state index contributed by atoms with van der Waals surface area (Å²) in [7, 11) is 0. The Morgan fingerprint density at radius 1 is 1.25 bits per heavy atom. The summed E-state index contributed by atoms with van der Waals surface area (Å²) in [5.41, 5.74) is 2.83. The lowest BCUT2D eigenvalue weighted by Gasteiger charge is -2.21. The first-order valence-corrected chi connectivity index (χ1v) is 7.68. The van der Waals surface area contributed by atoms with E-state index in [2.05, 4.69) is 15.6 Å². The number of benzene rings is 1. The number of fused-ring (bicyclic) bond motifs is 1. The molecule has 1 aromatic rings. The zero-order valence-corrected chi connectivity index (χ0v) is 13.8. The van der Waals surface area contributed by atoms with Crippen LogP contribution in [0.3, 0.4) is 0 Å². The van der Waals surface area contributed by atoms with Crippen molar-refractivity contribution in [2.45, 2.75) is 32.4 Å². The number of nitrogens with zero attached hydrogens (tertiary/aromatic N) is 1. The van der Waals surface area contributed by atoms with Gasteiger partial charge in [-0.25, -0.2) is 4.79 Å². The van der Waals surface area contributed by atoms with Crippen LogP contribution in [0.2, 0.25) is 0 Å². The van der Waals surface area contributed by atoms with Crippen molar-refractivity contribution in [3.63, 3.8) is 0 Å². The van der Waals surface area contributed by atoms with Crippen LogP contribution in [0.25, 0.3) is 5.57 Å². The number of carbonyl (C=O) groups is 2. The fourth-order valence-corrected chi connectivity index (χ4v) is 2.54. The molecule has 1 atom stereocenters. The molecule has 6 nitrogen and oxygen atoms in total. The Morgan fingerprint density at radius 3 is 2.62 bits per heavy atom. The summed E-state index contributed by atoms with van der Waals surface area (Å²) < 4.78 is 5.22. The van der Waals surface area contributed by atoms with Crippen molar-refractivity contribution in [2.75, 3.05) is 5.32 Å². The van der Waals surface area contributed by atoms with E-state index in [4.69, 9.17) is 4.74 Å². The van der Waals surface area contributed by atoms with Crippen molar-refractivity contribution in [1.29, 1.82) is 0 Å². The Bertz CT molecular complexity index is 768. The third-order valence-electron chi connectivity index (χ3n) is 3.54. The molecule has 24 heavy (non-hydrogen) atoms. The molecule has 2 aliphatic rings. The van der Waals surface area contributed by atoms with E-state index in [0.29, 0.717) is 5.69 Å². The molecule has 1 aromatic carbocycles. The second-order valence-corrected chi connectivity index (χ2v) is 6.59. The molecule has 2 N–H and O–H groups in total. The molecule has 0 aromatic heterocycles. The molecule has 0 aliphatic carbocycles. The summed E-state index contributed by atoms with van der Waals surface area (Å²) >= 11 is 0. The van der Waals surface area contributed by atoms with Gasteiger partial charge in [0.2, 0.25) is 0 Å². The summed E-state index contributed by atoms with van der Waals surface area (Å²) in [5, 5.41) is 5.42. The van der Waals surface area contributed by atoms with Gasteiger partial charge in [0.05, 0.1) is 0 Å². The van der Waals surface area contributed by atoms with E-state index in [1.165, 1.54) is 0 Å². The van der Waals surface area contributed by atoms with E-state index < -0.39 is 17.7 Å². The smallest absolute Gasteiger partial charge is 0.412 e. The van der Waals surface area contributed by atoms with Gasteiger partial charge in [0.25, 0.3) is 5.91 Å². The normalized spacial score (nSPS) is 19.1. The zero-order chi connectivity index (χ0) is 17.3. The molecular formula is C18H19N3O3. The average molecular weight is 325 g/mol. The maximum atomic E-state index is 11.8. The number of allylic oxidation sites excluding steroid dienone is 1. The van der Waals surface area contributed by atoms with Gasteiger partial charge >= 0.3 is 6.09 Å². The van der Waals surface area contributed by atoms with Crippen molar-refractivity contribution in [1.82, 2.24) is 5.32 Å². The summed E-state index contributed by atoms with van der Waals surface area (Å²) in [5.74, 6) is -0.123. The van der Waals surface area contributed by atoms with Crippen LogP contribution < -0.4 is 10.6 Å². The number of hydrogen-bond donors (Lipinski definition) is 2. The lowest BCUT2D eigenvalue weighted by molar-refractivity contribution is -0.120. The van der Waals surface area contributed by atoms with Crippen molar-refractivity contribution >= 4 is 29.5 Å². The largest absolute Gasteiger partial charge is 0.444 e. The number of aliphatic imine (C=N–C) groups is 1. The van der Waals surface area contributed by atoms with Crippen LogP contribution in [0.1, 0.15) is 26.3 Å². The van der Waals surface area contributed by atoms with Gasteiger partial charge in [-0.3, -0.25) is 15.1 Å². The van der Waals surface area contributed by atoms with Gasteiger partial charge < -0.3 is 10.1 Å². The Kier molecular flexibility index (Phi) is 3.97. The summed E-state index contributed by atoms with van der Waals surface area (Å²) in [6.07, 6.45) is 4.70. The Labute approximate surface area is 140 Å². The topological polar surface area (TPSA) is 79.8 Å². The second-order valence-electron chi connectivity index (χ2n) is 6.59. The summed E-state index contributed by atoms with van der Waals surface area (Å²) in [6, 6.07) is 6.88. The maximum Gasteiger partial charge on any atom is 0.412 e. The molecule has 0 fully saturated rings. The van der Waals surface area contributed by atoms with E-state index >= 15 is 0 Å². The highest BCUT2D eigenvalue weighted by Crippen LogP contribution is 2.31. The molecule has 0 bridgehead atoms. The molecular weight excluding hydrogens is 306 g/mol. The zero-order valence-electron chi connectivity index (χ0n) is 13.8. The van der Waals surface area contributed by atoms with Gasteiger partial charge in [0.15, 0.2) is 6.04 Å². The lowest BCUT2D eigenvalue weighted by Crippen LogP contribution is -2.34. The van der Waals surface area contributed by atoms with Crippen molar-refractivity contribution in [3.8, 4) is 0 Å². The van der Waals surface area contributed by atoms with E-state index in [9.17, 15) is 9.59 Å². The third kappa shape index (κ3) is 3.37. The van der Waals surface area contributed by atoms with Crippen LogP contribution in [0.5, 0.6) is 0 Å². The minimum atomic E-state index is -0.543. The molecule has 0 saturated carbocycles. The first-order chi connectivity index (χ1) is 11.3. The molecule has 0 spiro atoms. The number of hydrogen-bond acceptors (Lipinski definition) is 4. The number of amides is 2. The van der Waals surface area contributed by atoms with Crippen LogP contribution in [-0.2, 0) is 9.53 Å². The number of rotatable bonds is 2. The van der Waals surface area contributed by atoms with Gasteiger partial charge in [0.1, 0.15) is 5.60 Å². The molecule has 124 valence electrons. The van der Waals surface area contributed by atoms with Gasteiger partial charge in [-0.1, -0.05) is 12.1 Å². The van der Waals surface area contributed by atoms with Crippen molar-refractivity contribution in [3.05, 3.63) is 47.7 Å². The fraction of sp³-hybridized carbons (Fsp3) is 0.278. The van der Waals surface area contributed by atoms with Crippen LogP contribution in [0.4, 0.5) is 10.5 Å². The Balaban J connectivity index is 1.74. The number of nitrogens with one attached hydrogen (secondary N) is 2. The highest BCUT2D eigenvalue weighted by molar-refractivity contribution is 6.04. The van der Waals surface area contributed by atoms with E-state index in [1.807, 2.05) is 39.0 Å². The molecule has 3 rings (SSSR count). The number of anilines is 1. The lowest BCUT2D eigenvalue weighted by atomic mass is 9.91. The van der Waals surface area contributed by atoms with Crippen LogP contribution in [0, 0.1) is 0 Å². The summed E-state index contributed by atoms with van der Waals surface area (Å²) in [6.45, 7) is 5.44. The predicted molar refractivity (Wildman–Crippen MR) is 92.8 cm³/mol. The SMILES string of the molecule is CC(C)(C)OC(=O)Nc1ccc(C2=CNC(=O)C3N=CC=C23)cc1. The third-order valence-corrected chi connectivity index (χ3v) is 3.54. The first kappa shape index (κ1) is 16.0. The molecule has 2 amide bonds. The standard InChI is InChI=1S/C18H19N3O3/c1-18(2,3)24-17(23)21-12-6-4-11(5-7-12)14-10-20-16(22)15-13(14)8-9-19-15/h4-10,15H,1-3H3,(H,20,22)(H,21,23). The van der Waals surface area contributed by atoms with Gasteiger partial charge in [-0.2, -0.15) is 0 Å². The Morgan fingerprint density at radius 2 is 1.96 bits per heavy atom. The molecule has 0 saturated heterocycles. The van der Waals surface area contributed by atoms with Crippen LogP contribution >= 0.6 is 0 Å². The van der Waals surface area contributed by atoms with Crippen LogP contribution in [-0.4, -0.2) is 29.9 Å². The van der Waals surface area contributed by atoms with Gasteiger partial charge in [-0.05, 0) is 50.1 Å². The molecule has 0 radical (unpaired) electrons. The van der Waals surface area contributed by atoms with Gasteiger partial charge in [-0.15, -0.1) is 0 Å². The molecule has 2 heterocycles. The first-order valence-electron chi connectivity index (χ1n) is 7.68. The van der Waals surface area contributed by atoms with Gasteiger partial charge in [0, 0.05) is 23.7 Å². The monoisotopic (exact) mass is 325 g/mol. The fourth-order valence-electron chi connectivity index (χ4n) is 2.54. The molecule has 6 heteroatoms. The molecule has 1 unspecified atom stereocenters.